The van der Waals surface area contributed by atoms with Crippen LogP contribution in [0.4, 0.5) is 5.69 Å². The standard InChI is InChI=1S/C20H32N4O2.HI/c1-3-21-20(22-9-14-26-16-17-7-8-17)24-12-10-23(11-13-24)18-5-4-6-19(15-18)25-2;/h4-6,15,17H,3,7-14,16H2,1-2H3,(H,21,22);1H. The predicted octanol–water partition coefficient (Wildman–Crippen LogP) is 2.83. The van der Waals surface area contributed by atoms with Gasteiger partial charge >= 0.3 is 0 Å². The molecule has 0 bridgehead atoms. The van der Waals surface area contributed by atoms with Gasteiger partial charge in [-0.15, -0.1) is 24.0 Å². The van der Waals surface area contributed by atoms with E-state index in [1.807, 2.05) is 12.1 Å². The minimum absolute atomic E-state index is 0. The van der Waals surface area contributed by atoms with Gasteiger partial charge in [-0.05, 0) is 37.8 Å². The number of piperazine rings is 1. The number of nitrogens with zero attached hydrogens (tertiary/aromatic N) is 3. The van der Waals surface area contributed by atoms with Gasteiger partial charge in [-0.25, -0.2) is 0 Å². The van der Waals surface area contributed by atoms with Crippen LogP contribution in [0.1, 0.15) is 19.8 Å². The molecule has 2 fully saturated rings. The van der Waals surface area contributed by atoms with E-state index in [1.165, 1.54) is 18.5 Å². The minimum atomic E-state index is 0. The number of benzene rings is 1. The van der Waals surface area contributed by atoms with E-state index >= 15 is 0 Å². The Morgan fingerprint density at radius 2 is 2.00 bits per heavy atom. The molecule has 1 aliphatic carbocycles. The van der Waals surface area contributed by atoms with Gasteiger partial charge in [0.05, 0.1) is 20.3 Å². The summed E-state index contributed by atoms with van der Waals surface area (Å²) in [7, 11) is 1.71. The molecule has 1 aromatic rings. The highest BCUT2D eigenvalue weighted by atomic mass is 127. The van der Waals surface area contributed by atoms with Crippen LogP contribution in [0.2, 0.25) is 0 Å². The maximum Gasteiger partial charge on any atom is 0.194 e. The first-order chi connectivity index (χ1) is 12.8. The number of nitrogens with one attached hydrogen (secondary N) is 1. The number of methoxy groups -OCH3 is 1. The smallest absolute Gasteiger partial charge is 0.194 e. The predicted molar refractivity (Wildman–Crippen MR) is 122 cm³/mol. The Bertz CT molecular complexity index is 587. The third-order valence-corrected chi connectivity index (χ3v) is 4.88. The molecule has 6 nitrogen and oxygen atoms in total. The van der Waals surface area contributed by atoms with E-state index < -0.39 is 0 Å². The first kappa shape index (κ1) is 22.1. The molecule has 0 unspecified atom stereocenters. The Morgan fingerprint density at radius 1 is 1.22 bits per heavy atom. The minimum Gasteiger partial charge on any atom is -0.497 e. The van der Waals surface area contributed by atoms with Gasteiger partial charge in [-0.3, -0.25) is 4.99 Å². The molecule has 1 saturated carbocycles. The van der Waals surface area contributed by atoms with Crippen LogP contribution in [-0.4, -0.2) is 70.5 Å². The molecule has 3 rings (SSSR count). The molecule has 2 aliphatic rings. The highest BCUT2D eigenvalue weighted by Crippen LogP contribution is 2.28. The Kier molecular flexibility index (Phi) is 9.47. The number of guanidine groups is 1. The Labute approximate surface area is 180 Å². The molecule has 27 heavy (non-hydrogen) atoms. The van der Waals surface area contributed by atoms with Gasteiger partial charge in [0, 0.05) is 51.1 Å². The summed E-state index contributed by atoms with van der Waals surface area (Å²) in [5.74, 6) is 2.73. The molecule has 0 spiro atoms. The quantitative estimate of drug-likeness (QED) is 0.264. The van der Waals surface area contributed by atoms with Gasteiger partial charge in [-0.1, -0.05) is 6.07 Å². The number of ether oxygens (including phenoxy) is 2. The van der Waals surface area contributed by atoms with E-state index in [1.54, 1.807) is 7.11 Å². The lowest BCUT2D eigenvalue weighted by atomic mass is 10.2. The van der Waals surface area contributed by atoms with Crippen LogP contribution in [0.25, 0.3) is 0 Å². The lowest BCUT2D eigenvalue weighted by Crippen LogP contribution is -2.52. The van der Waals surface area contributed by atoms with Crippen LogP contribution in [0, 0.1) is 5.92 Å². The van der Waals surface area contributed by atoms with Crippen molar-refractivity contribution in [1.29, 1.82) is 0 Å². The largest absolute Gasteiger partial charge is 0.497 e. The SMILES string of the molecule is CCNC(=NCCOCC1CC1)N1CCN(c2cccc(OC)c2)CC1.I. The molecular weight excluding hydrogens is 455 g/mol. The molecule has 1 heterocycles. The van der Waals surface area contributed by atoms with E-state index in [-0.39, 0.29) is 24.0 Å². The molecule has 1 N–H and O–H groups in total. The zero-order valence-electron chi connectivity index (χ0n) is 16.5. The molecule has 0 radical (unpaired) electrons. The highest BCUT2D eigenvalue weighted by Gasteiger charge is 2.21. The summed E-state index contributed by atoms with van der Waals surface area (Å²) in [4.78, 5) is 9.50. The molecule has 0 atom stereocenters. The van der Waals surface area contributed by atoms with Crippen molar-refractivity contribution in [3.05, 3.63) is 24.3 Å². The number of hydrogen-bond donors (Lipinski definition) is 1. The zero-order chi connectivity index (χ0) is 18.2. The molecule has 0 amide bonds. The Balaban J connectivity index is 0.00000261. The summed E-state index contributed by atoms with van der Waals surface area (Å²) < 4.78 is 11.0. The second-order valence-electron chi connectivity index (χ2n) is 6.93. The van der Waals surface area contributed by atoms with Crippen molar-refractivity contribution in [2.24, 2.45) is 10.9 Å². The monoisotopic (exact) mass is 488 g/mol. The van der Waals surface area contributed by atoms with E-state index in [0.717, 1.165) is 70.1 Å². The Morgan fingerprint density at radius 3 is 2.67 bits per heavy atom. The molecule has 7 heteroatoms. The topological polar surface area (TPSA) is 49.3 Å². The fraction of sp³-hybridized carbons (Fsp3) is 0.650. The second kappa shape index (κ2) is 11.6. The average Bonchev–Trinajstić information content (AvgIpc) is 3.51. The number of halogens is 1. The van der Waals surface area contributed by atoms with Crippen molar-refractivity contribution in [2.75, 3.05) is 64.5 Å². The van der Waals surface area contributed by atoms with Crippen molar-refractivity contribution in [2.45, 2.75) is 19.8 Å². The summed E-state index contributed by atoms with van der Waals surface area (Å²) in [6.07, 6.45) is 2.67. The molecule has 1 saturated heterocycles. The third-order valence-electron chi connectivity index (χ3n) is 4.88. The van der Waals surface area contributed by atoms with Crippen LogP contribution in [0.15, 0.2) is 29.3 Å². The summed E-state index contributed by atoms with van der Waals surface area (Å²) >= 11 is 0. The molecule has 1 aliphatic heterocycles. The van der Waals surface area contributed by atoms with E-state index in [0.29, 0.717) is 0 Å². The van der Waals surface area contributed by atoms with Gasteiger partial charge < -0.3 is 24.6 Å². The van der Waals surface area contributed by atoms with Gasteiger partial charge in [0.2, 0.25) is 0 Å². The number of hydrogen-bond acceptors (Lipinski definition) is 4. The van der Waals surface area contributed by atoms with Crippen molar-refractivity contribution in [1.82, 2.24) is 10.2 Å². The van der Waals surface area contributed by atoms with Gasteiger partial charge in [0.25, 0.3) is 0 Å². The van der Waals surface area contributed by atoms with Gasteiger partial charge in [0.1, 0.15) is 5.75 Å². The Hall–Kier alpha value is -1.22. The van der Waals surface area contributed by atoms with Crippen LogP contribution in [0.3, 0.4) is 0 Å². The van der Waals surface area contributed by atoms with Crippen LogP contribution in [-0.2, 0) is 4.74 Å². The number of rotatable bonds is 8. The van der Waals surface area contributed by atoms with E-state index in [2.05, 4.69) is 34.2 Å². The van der Waals surface area contributed by atoms with Crippen LogP contribution >= 0.6 is 24.0 Å². The summed E-state index contributed by atoms with van der Waals surface area (Å²) in [6.45, 7) is 9.25. The maximum atomic E-state index is 5.70. The van der Waals surface area contributed by atoms with E-state index in [4.69, 9.17) is 14.5 Å². The van der Waals surface area contributed by atoms with Crippen molar-refractivity contribution in [3.8, 4) is 5.75 Å². The third kappa shape index (κ3) is 7.03. The fourth-order valence-corrected chi connectivity index (χ4v) is 3.16. The van der Waals surface area contributed by atoms with Crippen molar-refractivity contribution < 1.29 is 9.47 Å². The summed E-state index contributed by atoms with van der Waals surface area (Å²) in [6, 6.07) is 8.29. The fourth-order valence-electron chi connectivity index (χ4n) is 3.16. The maximum absolute atomic E-state index is 5.70. The summed E-state index contributed by atoms with van der Waals surface area (Å²) in [5, 5.41) is 3.42. The zero-order valence-corrected chi connectivity index (χ0v) is 18.9. The molecule has 152 valence electrons. The molecule has 1 aromatic carbocycles. The number of aliphatic imine (C=N–C) groups is 1. The first-order valence-electron chi connectivity index (χ1n) is 9.80. The van der Waals surface area contributed by atoms with E-state index in [9.17, 15) is 0 Å². The highest BCUT2D eigenvalue weighted by molar-refractivity contribution is 14.0. The lowest BCUT2D eigenvalue weighted by Gasteiger charge is -2.37. The first-order valence-corrected chi connectivity index (χ1v) is 9.80. The number of anilines is 1. The molecule has 0 aromatic heterocycles. The van der Waals surface area contributed by atoms with Gasteiger partial charge in [-0.2, -0.15) is 0 Å². The van der Waals surface area contributed by atoms with Crippen LogP contribution in [0.5, 0.6) is 5.75 Å². The van der Waals surface area contributed by atoms with Gasteiger partial charge in [0.15, 0.2) is 5.96 Å². The second-order valence-corrected chi connectivity index (χ2v) is 6.93. The van der Waals surface area contributed by atoms with Crippen molar-refractivity contribution >= 4 is 35.6 Å². The normalized spacial score (nSPS) is 17.5. The average molecular weight is 488 g/mol. The van der Waals surface area contributed by atoms with Crippen molar-refractivity contribution in [3.63, 3.8) is 0 Å². The van der Waals surface area contributed by atoms with Crippen LogP contribution < -0.4 is 15.0 Å². The summed E-state index contributed by atoms with van der Waals surface area (Å²) in [5.41, 5.74) is 1.22. The lowest BCUT2D eigenvalue weighted by molar-refractivity contribution is 0.131. The molecular formula is C20H33IN4O2.